The lowest BCUT2D eigenvalue weighted by atomic mass is 10.1. The maximum Gasteiger partial charge on any atom is 0.336 e. The summed E-state index contributed by atoms with van der Waals surface area (Å²) in [5.74, 6) is -1.94. The van der Waals surface area contributed by atoms with E-state index in [9.17, 15) is 19.7 Å². The van der Waals surface area contributed by atoms with Gasteiger partial charge in [0.15, 0.2) is 0 Å². The van der Waals surface area contributed by atoms with Crippen LogP contribution in [-0.2, 0) is 9.59 Å². The zero-order valence-corrected chi connectivity index (χ0v) is 12.4. The molecule has 21 heavy (non-hydrogen) atoms. The first-order chi connectivity index (χ1) is 9.43. The van der Waals surface area contributed by atoms with E-state index >= 15 is 0 Å². The van der Waals surface area contributed by atoms with Gasteiger partial charge in [-0.2, -0.15) is 5.26 Å². The number of hydrogen-bond donors (Lipinski definition) is 1. The molecule has 0 aliphatic carbocycles. The summed E-state index contributed by atoms with van der Waals surface area (Å²) in [5, 5.41) is 25.4. The number of benzene rings is 1. The minimum Gasteiger partial charge on any atom is -0.359 e. The molecule has 0 atom stereocenters. The zero-order valence-electron chi connectivity index (χ0n) is 10.7. The second-order valence-corrected chi connectivity index (χ2v) is 4.00. The number of amides is 2. The van der Waals surface area contributed by atoms with Crippen molar-refractivity contribution in [2.45, 2.75) is 0 Å². The first-order valence-electron chi connectivity index (χ1n) is 5.41. The molecule has 0 unspecified atom stereocenters. The summed E-state index contributed by atoms with van der Waals surface area (Å²) in [5.41, 5.74) is 0.138. The van der Waals surface area contributed by atoms with E-state index in [0.717, 1.165) is 6.07 Å². The largest absolute Gasteiger partial charge is 0.359 e. The predicted molar refractivity (Wildman–Crippen MR) is 77.7 cm³/mol. The summed E-state index contributed by atoms with van der Waals surface area (Å²) in [6.07, 6.45) is 0. The van der Waals surface area contributed by atoms with Crippen molar-refractivity contribution in [3.8, 4) is 6.07 Å². The van der Waals surface area contributed by atoms with E-state index in [2.05, 4.69) is 10.6 Å². The Bertz CT molecular complexity index is 669. The second-order valence-electron chi connectivity index (χ2n) is 4.00. The van der Waals surface area contributed by atoms with Gasteiger partial charge in [0, 0.05) is 19.2 Å². The molecule has 1 aromatic rings. The van der Waals surface area contributed by atoms with E-state index in [4.69, 9.17) is 5.26 Å². The van der Waals surface area contributed by atoms with Crippen molar-refractivity contribution in [3.05, 3.63) is 22.2 Å². The van der Waals surface area contributed by atoms with Gasteiger partial charge in [-0.1, -0.05) is 0 Å². The number of halogens is 1. The summed E-state index contributed by atoms with van der Waals surface area (Å²) >= 11 is 0. The number of nitriles is 1. The molecule has 9 nitrogen and oxygen atoms in total. The summed E-state index contributed by atoms with van der Waals surface area (Å²) in [7, 11) is 1.53. The third-order valence-corrected chi connectivity index (χ3v) is 2.66. The minimum absolute atomic E-state index is 0. The third-order valence-electron chi connectivity index (χ3n) is 2.66. The summed E-state index contributed by atoms with van der Waals surface area (Å²) in [6, 6.07) is 4.20. The van der Waals surface area contributed by atoms with Crippen LogP contribution in [-0.4, -0.2) is 30.3 Å². The number of hydrogen-bond acceptors (Lipinski definition) is 6. The monoisotopic (exact) mass is 354 g/mol. The van der Waals surface area contributed by atoms with Crippen molar-refractivity contribution in [2.75, 3.05) is 23.8 Å². The lowest BCUT2D eigenvalue weighted by Crippen LogP contribution is -2.34. The molecule has 1 heterocycles. The molecule has 0 spiro atoms. The minimum atomic E-state index is -0.988. The smallest absolute Gasteiger partial charge is 0.336 e. The Morgan fingerprint density at radius 3 is 2.71 bits per heavy atom. The van der Waals surface area contributed by atoms with Gasteiger partial charge in [0.1, 0.15) is 12.2 Å². The van der Waals surface area contributed by atoms with Crippen LogP contribution >= 0.6 is 17.0 Å². The molecule has 0 saturated carbocycles. The maximum atomic E-state index is 11.3. The van der Waals surface area contributed by atoms with Gasteiger partial charge in [-0.05, 0) is 0 Å². The van der Waals surface area contributed by atoms with Gasteiger partial charge in [0.05, 0.1) is 22.4 Å². The average molecular weight is 355 g/mol. The second kappa shape index (κ2) is 6.19. The molecule has 1 N–H and O–H groups in total. The normalized spacial score (nSPS) is 12.2. The van der Waals surface area contributed by atoms with Crippen molar-refractivity contribution in [2.24, 2.45) is 0 Å². The van der Waals surface area contributed by atoms with Gasteiger partial charge in [-0.15, -0.1) is 17.0 Å². The fourth-order valence-corrected chi connectivity index (χ4v) is 1.73. The van der Waals surface area contributed by atoms with Gasteiger partial charge < -0.3 is 10.2 Å². The summed E-state index contributed by atoms with van der Waals surface area (Å²) < 4.78 is 0. The Balaban J connectivity index is 0.00000220. The van der Waals surface area contributed by atoms with Crippen LogP contribution in [0.15, 0.2) is 12.1 Å². The van der Waals surface area contributed by atoms with Crippen LogP contribution in [0.2, 0.25) is 0 Å². The molecule has 109 valence electrons. The average Bonchev–Trinajstić information content (AvgIpc) is 2.39. The van der Waals surface area contributed by atoms with E-state index in [1.807, 2.05) is 6.07 Å². The van der Waals surface area contributed by atoms with Gasteiger partial charge in [-0.3, -0.25) is 19.7 Å². The number of carbonyl (C=O) groups is 2. The maximum absolute atomic E-state index is 11.3. The first kappa shape index (κ1) is 16.4. The molecular formula is C11H9BrN5O4. The molecule has 0 bridgehead atoms. The number of carbonyl (C=O) groups excluding carboxylic acids is 2. The lowest BCUT2D eigenvalue weighted by Gasteiger charge is -2.23. The van der Waals surface area contributed by atoms with Crippen LogP contribution in [0, 0.1) is 21.4 Å². The Morgan fingerprint density at radius 2 is 2.14 bits per heavy atom. The number of nitro groups is 1. The Kier molecular flexibility index (Phi) is 4.83. The fraction of sp³-hybridized carbons (Fsp3) is 0.182. The third kappa shape index (κ3) is 3.09. The standard InChI is InChI=1S/C11H8N5O4.BrH/c1-15(3-2-12)8-5-6(16(19)20)4-7-9(8)14-11(18)10(17)13-7;/h4-5H,3H2,1H3,(H,13,17);1H. The number of nitrogens with one attached hydrogen (secondary N) is 1. The van der Waals surface area contributed by atoms with Crippen LogP contribution < -0.4 is 15.5 Å². The van der Waals surface area contributed by atoms with E-state index < -0.39 is 16.7 Å². The van der Waals surface area contributed by atoms with E-state index in [1.165, 1.54) is 18.0 Å². The topological polar surface area (TPSA) is 130 Å². The Labute approximate surface area is 129 Å². The Hall–Kier alpha value is -2.67. The van der Waals surface area contributed by atoms with Crippen molar-refractivity contribution in [1.29, 1.82) is 5.26 Å². The van der Waals surface area contributed by atoms with Gasteiger partial charge in [-0.25, -0.2) is 5.32 Å². The van der Waals surface area contributed by atoms with Crippen molar-refractivity contribution >= 4 is 51.5 Å². The molecule has 2 rings (SSSR count). The van der Waals surface area contributed by atoms with Crippen LogP contribution in [0.4, 0.5) is 22.7 Å². The van der Waals surface area contributed by atoms with E-state index in [1.54, 1.807) is 0 Å². The molecule has 10 heteroatoms. The van der Waals surface area contributed by atoms with Crippen molar-refractivity contribution in [3.63, 3.8) is 0 Å². The summed E-state index contributed by atoms with van der Waals surface area (Å²) in [4.78, 5) is 34.2. The van der Waals surface area contributed by atoms with Crippen LogP contribution in [0.1, 0.15) is 0 Å². The number of fused-ring (bicyclic) bond motifs is 1. The molecule has 1 aliphatic rings. The Morgan fingerprint density at radius 1 is 1.48 bits per heavy atom. The van der Waals surface area contributed by atoms with Crippen LogP contribution in [0.5, 0.6) is 0 Å². The van der Waals surface area contributed by atoms with Gasteiger partial charge in [0.2, 0.25) is 0 Å². The van der Waals surface area contributed by atoms with Crippen LogP contribution in [0.3, 0.4) is 0 Å². The number of non-ortho nitro benzene ring substituents is 1. The molecular weight excluding hydrogens is 346 g/mol. The van der Waals surface area contributed by atoms with Crippen molar-refractivity contribution < 1.29 is 14.5 Å². The number of nitrogens with zero attached hydrogens (tertiary/aromatic N) is 4. The van der Waals surface area contributed by atoms with Crippen molar-refractivity contribution in [1.82, 2.24) is 5.32 Å². The highest BCUT2D eigenvalue weighted by atomic mass is 79.9. The van der Waals surface area contributed by atoms with Gasteiger partial charge in [0.25, 0.3) is 5.69 Å². The molecule has 2 amide bonds. The quantitative estimate of drug-likeness (QED) is 0.370. The highest BCUT2D eigenvalue weighted by Crippen LogP contribution is 2.39. The molecule has 1 aliphatic heterocycles. The number of anilines is 2. The first-order valence-corrected chi connectivity index (χ1v) is 5.41. The number of nitro benzene ring substituents is 1. The van der Waals surface area contributed by atoms with Crippen LogP contribution in [0.25, 0.3) is 0 Å². The molecule has 0 fully saturated rings. The predicted octanol–water partition coefficient (Wildman–Crippen LogP) is 0.847. The highest BCUT2D eigenvalue weighted by Gasteiger charge is 2.30. The molecule has 0 saturated heterocycles. The van der Waals surface area contributed by atoms with Gasteiger partial charge >= 0.3 is 11.8 Å². The van der Waals surface area contributed by atoms with E-state index in [-0.39, 0.29) is 46.3 Å². The number of rotatable bonds is 3. The highest BCUT2D eigenvalue weighted by molar-refractivity contribution is 8.93. The molecule has 1 radical (unpaired) electrons. The molecule has 0 aromatic heterocycles. The zero-order chi connectivity index (χ0) is 14.9. The SMILES string of the molecule is Br.CN(CC#N)c1cc([N+](=O)[O-])cc2c1[N]C(=O)C(=O)N2. The fourth-order valence-electron chi connectivity index (χ4n) is 1.73. The summed E-state index contributed by atoms with van der Waals surface area (Å²) in [6.45, 7) is -0.0503. The van der Waals surface area contributed by atoms with E-state index in [0.29, 0.717) is 0 Å². The lowest BCUT2D eigenvalue weighted by molar-refractivity contribution is -0.384. The molecule has 1 aromatic carbocycles.